The zero-order valence-electron chi connectivity index (χ0n) is 11.9. The molecule has 1 N–H and O–H groups in total. The van der Waals surface area contributed by atoms with Crippen LogP contribution in [0.4, 0.5) is 0 Å². The maximum atomic E-state index is 4.61. The average Bonchev–Trinajstić information content (AvgIpc) is 3.02. The van der Waals surface area contributed by atoms with Gasteiger partial charge in [0.2, 0.25) is 0 Å². The second kappa shape index (κ2) is 5.63. The van der Waals surface area contributed by atoms with Gasteiger partial charge in [0.05, 0.1) is 16.4 Å². The van der Waals surface area contributed by atoms with Crippen LogP contribution in [-0.4, -0.2) is 20.9 Å². The van der Waals surface area contributed by atoms with Crippen LogP contribution >= 0.6 is 22.7 Å². The van der Waals surface area contributed by atoms with E-state index in [0.717, 1.165) is 35.9 Å². The summed E-state index contributed by atoms with van der Waals surface area (Å²) in [5.41, 5.74) is 3.50. The summed E-state index contributed by atoms with van der Waals surface area (Å²) < 4.78 is 2.20. The van der Waals surface area contributed by atoms with E-state index in [-0.39, 0.29) is 0 Å². The van der Waals surface area contributed by atoms with E-state index in [9.17, 15) is 0 Å². The first kappa shape index (κ1) is 13.7. The molecule has 6 heteroatoms. The van der Waals surface area contributed by atoms with Crippen LogP contribution in [0.5, 0.6) is 0 Å². The summed E-state index contributed by atoms with van der Waals surface area (Å²) in [5.74, 6) is 0. The molecule has 20 heavy (non-hydrogen) atoms. The van der Waals surface area contributed by atoms with Gasteiger partial charge in [0, 0.05) is 41.7 Å². The molecule has 3 aromatic heterocycles. The molecule has 0 unspecified atom stereocenters. The maximum Gasteiger partial charge on any atom is 0.194 e. The van der Waals surface area contributed by atoms with Gasteiger partial charge in [0.1, 0.15) is 0 Å². The van der Waals surface area contributed by atoms with E-state index in [0.29, 0.717) is 0 Å². The molecule has 3 rings (SSSR count). The predicted octanol–water partition coefficient (Wildman–Crippen LogP) is 3.11. The zero-order valence-corrected chi connectivity index (χ0v) is 13.6. The predicted molar refractivity (Wildman–Crippen MR) is 84.8 cm³/mol. The highest BCUT2D eigenvalue weighted by Crippen LogP contribution is 2.20. The Labute approximate surface area is 126 Å². The number of hydrogen-bond donors (Lipinski definition) is 1. The Morgan fingerprint density at radius 1 is 1.25 bits per heavy atom. The molecule has 0 radical (unpaired) electrons. The van der Waals surface area contributed by atoms with Crippen LogP contribution in [0.3, 0.4) is 0 Å². The Morgan fingerprint density at radius 3 is 2.85 bits per heavy atom. The van der Waals surface area contributed by atoms with Gasteiger partial charge in [0.15, 0.2) is 4.96 Å². The Hall–Kier alpha value is -1.24. The second-order valence-corrected chi connectivity index (χ2v) is 7.10. The first-order chi connectivity index (χ1) is 9.63. The molecule has 0 saturated carbocycles. The van der Waals surface area contributed by atoms with Crippen LogP contribution in [0, 0.1) is 20.8 Å². The van der Waals surface area contributed by atoms with E-state index < -0.39 is 0 Å². The van der Waals surface area contributed by atoms with Crippen molar-refractivity contribution in [3.63, 3.8) is 0 Å². The quantitative estimate of drug-likeness (QED) is 0.737. The Kier molecular flexibility index (Phi) is 3.87. The molecule has 106 valence electrons. The number of fused-ring (bicyclic) bond motifs is 1. The summed E-state index contributed by atoms with van der Waals surface area (Å²) in [7, 11) is 0. The molecule has 3 aromatic rings. The number of imidazole rings is 1. The van der Waals surface area contributed by atoms with E-state index in [2.05, 4.69) is 45.1 Å². The lowest BCUT2D eigenvalue weighted by atomic mass is 10.3. The van der Waals surface area contributed by atoms with E-state index in [4.69, 9.17) is 0 Å². The van der Waals surface area contributed by atoms with Crippen molar-refractivity contribution in [2.45, 2.75) is 33.7 Å². The fraction of sp³-hybridized carbons (Fsp3) is 0.429. The summed E-state index contributed by atoms with van der Waals surface area (Å²) >= 11 is 3.48. The standard InChI is InChI=1S/C14H18N4S2/c1-9-8-19-13(16-9)4-5-15-6-12-11(3)17-14-18(12)7-10(2)20-14/h7-8,15H,4-6H2,1-3H3. The van der Waals surface area contributed by atoms with Crippen LogP contribution in [0.1, 0.15) is 27.0 Å². The van der Waals surface area contributed by atoms with Crippen molar-refractivity contribution in [3.05, 3.63) is 38.5 Å². The number of aryl methyl sites for hydroxylation is 3. The fourth-order valence-electron chi connectivity index (χ4n) is 2.24. The molecular weight excluding hydrogens is 288 g/mol. The van der Waals surface area contributed by atoms with Crippen molar-refractivity contribution in [1.29, 1.82) is 0 Å². The number of thiazole rings is 2. The number of nitrogens with one attached hydrogen (secondary N) is 1. The van der Waals surface area contributed by atoms with Gasteiger partial charge >= 0.3 is 0 Å². The maximum absolute atomic E-state index is 4.61. The van der Waals surface area contributed by atoms with Gasteiger partial charge in [-0.2, -0.15) is 0 Å². The van der Waals surface area contributed by atoms with Gasteiger partial charge < -0.3 is 5.32 Å². The molecule has 3 heterocycles. The minimum atomic E-state index is 0.855. The molecular formula is C14H18N4S2. The normalized spacial score (nSPS) is 11.6. The number of rotatable bonds is 5. The number of hydrogen-bond acceptors (Lipinski definition) is 5. The first-order valence-electron chi connectivity index (χ1n) is 6.69. The summed E-state index contributed by atoms with van der Waals surface area (Å²) in [4.78, 5) is 11.5. The van der Waals surface area contributed by atoms with Crippen molar-refractivity contribution >= 4 is 27.6 Å². The minimum Gasteiger partial charge on any atom is -0.311 e. The average molecular weight is 306 g/mol. The highest BCUT2D eigenvalue weighted by molar-refractivity contribution is 7.17. The van der Waals surface area contributed by atoms with Crippen molar-refractivity contribution in [2.75, 3.05) is 6.54 Å². The highest BCUT2D eigenvalue weighted by Gasteiger charge is 2.10. The second-order valence-electron chi connectivity index (χ2n) is 4.95. The van der Waals surface area contributed by atoms with E-state index in [1.165, 1.54) is 15.6 Å². The highest BCUT2D eigenvalue weighted by atomic mass is 32.1. The number of aromatic nitrogens is 3. The number of nitrogens with zero attached hydrogens (tertiary/aromatic N) is 3. The Balaban J connectivity index is 1.60. The molecule has 0 aliphatic heterocycles. The minimum absolute atomic E-state index is 0.855. The van der Waals surface area contributed by atoms with E-state index in [1.54, 1.807) is 22.7 Å². The van der Waals surface area contributed by atoms with E-state index in [1.807, 2.05) is 6.92 Å². The van der Waals surface area contributed by atoms with Crippen molar-refractivity contribution in [2.24, 2.45) is 0 Å². The van der Waals surface area contributed by atoms with Crippen molar-refractivity contribution < 1.29 is 0 Å². The van der Waals surface area contributed by atoms with Gasteiger partial charge in [-0.25, -0.2) is 9.97 Å². The molecule has 0 atom stereocenters. The molecule has 0 spiro atoms. The van der Waals surface area contributed by atoms with Gasteiger partial charge in [0.25, 0.3) is 0 Å². The topological polar surface area (TPSA) is 42.2 Å². The van der Waals surface area contributed by atoms with Crippen LogP contribution in [0.2, 0.25) is 0 Å². The van der Waals surface area contributed by atoms with Crippen LogP contribution in [0.25, 0.3) is 4.96 Å². The lowest BCUT2D eigenvalue weighted by Crippen LogP contribution is -2.18. The van der Waals surface area contributed by atoms with Crippen molar-refractivity contribution in [1.82, 2.24) is 19.7 Å². The summed E-state index contributed by atoms with van der Waals surface area (Å²) in [6.45, 7) is 8.04. The Morgan fingerprint density at radius 2 is 2.10 bits per heavy atom. The summed E-state index contributed by atoms with van der Waals surface area (Å²) in [6, 6.07) is 0. The van der Waals surface area contributed by atoms with Crippen LogP contribution < -0.4 is 5.32 Å². The molecule has 4 nitrogen and oxygen atoms in total. The molecule has 0 aliphatic rings. The monoisotopic (exact) mass is 306 g/mol. The van der Waals surface area contributed by atoms with Gasteiger partial charge in [-0.1, -0.05) is 0 Å². The van der Waals surface area contributed by atoms with Gasteiger partial charge in [-0.05, 0) is 20.8 Å². The van der Waals surface area contributed by atoms with Crippen LogP contribution in [0.15, 0.2) is 11.6 Å². The Bertz CT molecular complexity index is 723. The third-order valence-corrected chi connectivity index (χ3v) is 5.14. The zero-order chi connectivity index (χ0) is 14.1. The fourth-order valence-corrected chi connectivity index (χ4v) is 3.91. The summed E-state index contributed by atoms with van der Waals surface area (Å²) in [5, 5.41) is 6.81. The lowest BCUT2D eigenvalue weighted by molar-refractivity contribution is 0.666. The molecule has 0 bridgehead atoms. The molecule has 0 saturated heterocycles. The molecule has 0 fully saturated rings. The lowest BCUT2D eigenvalue weighted by Gasteiger charge is -2.04. The van der Waals surface area contributed by atoms with Crippen molar-refractivity contribution in [3.8, 4) is 0 Å². The SMILES string of the molecule is Cc1csc(CCNCc2c(C)nc3sc(C)cn23)n1. The molecule has 0 aromatic carbocycles. The third kappa shape index (κ3) is 2.77. The van der Waals surface area contributed by atoms with E-state index >= 15 is 0 Å². The van der Waals surface area contributed by atoms with Gasteiger partial charge in [-0.3, -0.25) is 4.40 Å². The first-order valence-corrected chi connectivity index (χ1v) is 8.39. The van der Waals surface area contributed by atoms with Crippen LogP contribution in [-0.2, 0) is 13.0 Å². The largest absolute Gasteiger partial charge is 0.311 e. The molecule has 0 amide bonds. The third-order valence-electron chi connectivity index (χ3n) is 3.22. The smallest absolute Gasteiger partial charge is 0.194 e. The van der Waals surface area contributed by atoms with Gasteiger partial charge in [-0.15, -0.1) is 22.7 Å². The summed E-state index contributed by atoms with van der Waals surface area (Å²) in [6.07, 6.45) is 3.16. The molecule has 0 aliphatic carbocycles.